The summed E-state index contributed by atoms with van der Waals surface area (Å²) in [6, 6.07) is 6.12. The van der Waals surface area contributed by atoms with E-state index in [1.165, 1.54) is 29.5 Å². The quantitative estimate of drug-likeness (QED) is 0.901. The molecule has 0 unspecified atom stereocenters. The summed E-state index contributed by atoms with van der Waals surface area (Å²) in [5, 5.41) is 12.1. The van der Waals surface area contributed by atoms with Gasteiger partial charge in [0.05, 0.1) is 16.8 Å². The fourth-order valence-corrected chi connectivity index (χ4v) is 2.94. The Morgan fingerprint density at radius 2 is 1.90 bits per heavy atom. The Morgan fingerprint density at radius 1 is 1.20 bits per heavy atom. The summed E-state index contributed by atoms with van der Waals surface area (Å²) in [6.45, 7) is 3.77. The number of hydrogen-bond donors (Lipinski definition) is 2. The predicted octanol–water partition coefficient (Wildman–Crippen LogP) is 3.97. The Bertz CT molecular complexity index is 694. The zero-order valence-corrected chi connectivity index (χ0v) is 12.4. The van der Waals surface area contributed by atoms with Crippen LogP contribution in [0.4, 0.5) is 5.69 Å². The topological polar surface area (TPSA) is 66.4 Å². The largest absolute Gasteiger partial charge is 0.478 e. The minimum absolute atomic E-state index is 0.0320. The highest BCUT2D eigenvalue weighted by atomic mass is 35.5. The first kappa shape index (κ1) is 14.6. The van der Waals surface area contributed by atoms with Gasteiger partial charge in [-0.1, -0.05) is 11.6 Å². The van der Waals surface area contributed by atoms with E-state index in [4.69, 9.17) is 16.7 Å². The zero-order chi connectivity index (χ0) is 14.9. The third-order valence-corrected chi connectivity index (χ3v) is 3.95. The second kappa shape index (κ2) is 5.64. The molecule has 0 saturated heterocycles. The molecule has 4 nitrogen and oxygen atoms in total. The van der Waals surface area contributed by atoms with Gasteiger partial charge in [0.2, 0.25) is 0 Å². The summed E-state index contributed by atoms with van der Waals surface area (Å²) in [5.74, 6) is -1.46. The summed E-state index contributed by atoms with van der Waals surface area (Å²) in [4.78, 5) is 25.3. The molecule has 0 bridgehead atoms. The van der Waals surface area contributed by atoms with Crippen molar-refractivity contribution >= 4 is 40.5 Å². The molecule has 1 amide bonds. The minimum Gasteiger partial charge on any atom is -0.478 e. The van der Waals surface area contributed by atoms with Gasteiger partial charge in [0.1, 0.15) is 0 Å². The highest BCUT2D eigenvalue weighted by Crippen LogP contribution is 2.24. The van der Waals surface area contributed by atoms with Crippen molar-refractivity contribution in [3.8, 4) is 0 Å². The molecule has 2 N–H and O–H groups in total. The van der Waals surface area contributed by atoms with Crippen LogP contribution in [0.25, 0.3) is 0 Å². The molecule has 2 aromatic rings. The number of halogens is 1. The summed E-state index contributed by atoms with van der Waals surface area (Å²) >= 11 is 7.29. The van der Waals surface area contributed by atoms with Crippen LogP contribution in [0, 0.1) is 13.8 Å². The molecular formula is C14H12ClNO3S. The van der Waals surface area contributed by atoms with Crippen LogP contribution in [0.15, 0.2) is 24.3 Å². The molecule has 0 spiro atoms. The maximum absolute atomic E-state index is 12.2. The third kappa shape index (κ3) is 3.00. The number of carbonyl (C=O) groups is 2. The molecule has 0 aliphatic carbocycles. The van der Waals surface area contributed by atoms with E-state index in [1.54, 1.807) is 6.07 Å². The molecule has 0 atom stereocenters. The lowest BCUT2D eigenvalue weighted by Gasteiger charge is -2.08. The first-order valence-corrected chi connectivity index (χ1v) is 6.99. The lowest BCUT2D eigenvalue weighted by Crippen LogP contribution is -2.15. The van der Waals surface area contributed by atoms with E-state index in [-0.39, 0.29) is 17.2 Å². The van der Waals surface area contributed by atoms with Gasteiger partial charge in [-0.2, -0.15) is 0 Å². The Kier molecular flexibility index (Phi) is 4.11. The van der Waals surface area contributed by atoms with Crippen molar-refractivity contribution in [1.82, 2.24) is 0 Å². The van der Waals surface area contributed by atoms with Crippen molar-refractivity contribution in [1.29, 1.82) is 0 Å². The van der Waals surface area contributed by atoms with Crippen LogP contribution in [0.1, 0.15) is 30.5 Å². The van der Waals surface area contributed by atoms with Crippen LogP contribution in [-0.4, -0.2) is 17.0 Å². The molecule has 0 aliphatic rings. The molecule has 1 aromatic heterocycles. The van der Waals surface area contributed by atoms with Gasteiger partial charge in [-0.3, -0.25) is 4.79 Å². The first-order valence-electron chi connectivity index (χ1n) is 5.79. The highest BCUT2D eigenvalue weighted by Gasteiger charge is 2.16. The van der Waals surface area contributed by atoms with E-state index in [9.17, 15) is 9.59 Å². The molecule has 0 saturated carbocycles. The molecule has 1 heterocycles. The average Bonchev–Trinajstić information content (AvgIpc) is 2.70. The Balaban J connectivity index is 2.33. The van der Waals surface area contributed by atoms with Crippen molar-refractivity contribution in [2.24, 2.45) is 0 Å². The fraction of sp³-hybridized carbons (Fsp3) is 0.143. The zero-order valence-electron chi connectivity index (χ0n) is 10.9. The summed E-state index contributed by atoms with van der Waals surface area (Å²) < 4.78 is 0. The molecule has 0 radical (unpaired) electrons. The van der Waals surface area contributed by atoms with Crippen LogP contribution in [0.2, 0.25) is 5.02 Å². The molecule has 1 aromatic carbocycles. The summed E-state index contributed by atoms with van der Waals surface area (Å²) in [5.41, 5.74) is 0.754. The molecular weight excluding hydrogens is 298 g/mol. The first-order chi connectivity index (χ1) is 9.38. The predicted molar refractivity (Wildman–Crippen MR) is 80.2 cm³/mol. The van der Waals surface area contributed by atoms with Gasteiger partial charge < -0.3 is 10.4 Å². The monoisotopic (exact) mass is 309 g/mol. The van der Waals surface area contributed by atoms with E-state index in [0.29, 0.717) is 10.6 Å². The number of carbonyl (C=O) groups excluding carboxylic acids is 1. The van der Waals surface area contributed by atoms with E-state index in [2.05, 4.69) is 5.32 Å². The van der Waals surface area contributed by atoms with Crippen molar-refractivity contribution < 1.29 is 14.7 Å². The molecule has 0 fully saturated rings. The van der Waals surface area contributed by atoms with Gasteiger partial charge >= 0.3 is 5.97 Å². The summed E-state index contributed by atoms with van der Waals surface area (Å²) in [7, 11) is 0. The van der Waals surface area contributed by atoms with Gasteiger partial charge in [-0.25, -0.2) is 4.79 Å². The smallest absolute Gasteiger partial charge is 0.337 e. The van der Waals surface area contributed by atoms with Gasteiger partial charge in [0.15, 0.2) is 0 Å². The third-order valence-electron chi connectivity index (χ3n) is 2.75. The number of aromatic carboxylic acids is 1. The number of thiophene rings is 1. The maximum atomic E-state index is 12.2. The van der Waals surface area contributed by atoms with Crippen molar-refractivity contribution in [3.63, 3.8) is 0 Å². The lowest BCUT2D eigenvalue weighted by atomic mass is 10.1. The molecule has 20 heavy (non-hydrogen) atoms. The average molecular weight is 310 g/mol. The van der Waals surface area contributed by atoms with Crippen molar-refractivity contribution in [2.45, 2.75) is 13.8 Å². The Hall–Kier alpha value is -1.85. The molecule has 2 rings (SSSR count). The number of nitrogens with one attached hydrogen (secondary N) is 1. The highest BCUT2D eigenvalue weighted by molar-refractivity contribution is 7.12. The number of rotatable bonds is 3. The van der Waals surface area contributed by atoms with Crippen molar-refractivity contribution in [2.75, 3.05) is 5.32 Å². The van der Waals surface area contributed by atoms with Gasteiger partial charge in [0, 0.05) is 14.8 Å². The number of benzene rings is 1. The van der Waals surface area contributed by atoms with E-state index < -0.39 is 5.97 Å². The number of hydrogen-bond acceptors (Lipinski definition) is 3. The molecule has 0 aliphatic heterocycles. The number of anilines is 1. The van der Waals surface area contributed by atoms with Crippen LogP contribution < -0.4 is 5.32 Å². The van der Waals surface area contributed by atoms with E-state index in [1.807, 2.05) is 13.8 Å². The Morgan fingerprint density at radius 3 is 2.45 bits per heavy atom. The second-order valence-corrected chi connectivity index (χ2v) is 6.17. The molecule has 104 valence electrons. The number of carboxylic acids is 1. The van der Waals surface area contributed by atoms with E-state index >= 15 is 0 Å². The van der Waals surface area contributed by atoms with Crippen LogP contribution in [-0.2, 0) is 0 Å². The van der Waals surface area contributed by atoms with Crippen LogP contribution >= 0.6 is 22.9 Å². The standard InChI is InChI=1S/C14H12ClNO3S/c1-7-5-10(8(2)20-7)13(17)16-12-4-3-9(15)6-11(12)14(18)19/h3-6H,1-2H3,(H,16,17)(H,18,19). The number of carboxylic acid groups (broad SMARTS) is 1. The lowest BCUT2D eigenvalue weighted by molar-refractivity contribution is 0.0698. The number of aryl methyl sites for hydroxylation is 2. The van der Waals surface area contributed by atoms with Crippen LogP contribution in [0.5, 0.6) is 0 Å². The summed E-state index contributed by atoms with van der Waals surface area (Å²) in [6.07, 6.45) is 0. The van der Waals surface area contributed by atoms with Crippen LogP contribution in [0.3, 0.4) is 0 Å². The van der Waals surface area contributed by atoms with Gasteiger partial charge in [0.25, 0.3) is 5.91 Å². The Labute approximate surface area is 125 Å². The SMILES string of the molecule is Cc1cc(C(=O)Nc2ccc(Cl)cc2C(=O)O)c(C)s1. The second-order valence-electron chi connectivity index (χ2n) is 4.28. The normalized spacial score (nSPS) is 10.3. The maximum Gasteiger partial charge on any atom is 0.337 e. The number of amides is 1. The van der Waals surface area contributed by atoms with Crippen molar-refractivity contribution in [3.05, 3.63) is 50.2 Å². The van der Waals surface area contributed by atoms with Gasteiger partial charge in [-0.05, 0) is 38.1 Å². The molecule has 6 heteroatoms. The fourth-order valence-electron chi connectivity index (χ4n) is 1.85. The van der Waals surface area contributed by atoms with Gasteiger partial charge in [-0.15, -0.1) is 11.3 Å². The van der Waals surface area contributed by atoms with E-state index in [0.717, 1.165) is 9.75 Å². The minimum atomic E-state index is -1.14.